The Hall–Kier alpha value is -4.46. The molecule has 180 valence electrons. The van der Waals surface area contributed by atoms with Crippen molar-refractivity contribution in [1.82, 2.24) is 4.98 Å². The molecule has 0 spiro atoms. The van der Waals surface area contributed by atoms with Crippen molar-refractivity contribution in [2.75, 3.05) is 33.3 Å². The summed E-state index contributed by atoms with van der Waals surface area (Å²) >= 11 is 0. The van der Waals surface area contributed by atoms with E-state index in [1.807, 2.05) is 24.3 Å². The van der Waals surface area contributed by atoms with Gasteiger partial charge in [-0.3, -0.25) is 9.59 Å². The molecule has 4 aromatic rings. The van der Waals surface area contributed by atoms with E-state index in [0.29, 0.717) is 39.8 Å². The zero-order valence-electron chi connectivity index (χ0n) is 20.0. The maximum atomic E-state index is 13.8. The fraction of sp³-hybridized carbons (Fsp3) is 0.185. The number of nitrogens with one attached hydrogen (secondary N) is 1. The molecule has 0 aliphatic heterocycles. The van der Waals surface area contributed by atoms with Gasteiger partial charge in [0.05, 0.1) is 35.0 Å². The summed E-state index contributed by atoms with van der Waals surface area (Å²) in [5.41, 5.74) is 1.82. The third kappa shape index (κ3) is 4.77. The van der Waals surface area contributed by atoms with Crippen LogP contribution in [0.4, 0.5) is 5.69 Å². The summed E-state index contributed by atoms with van der Waals surface area (Å²) in [6.07, 6.45) is 0. The second-order valence-electron chi connectivity index (χ2n) is 7.71. The van der Waals surface area contributed by atoms with Crippen LogP contribution < -0.4 is 29.4 Å². The number of carbonyl (C=O) groups is 1. The lowest BCUT2D eigenvalue weighted by Gasteiger charge is -2.24. The molecule has 3 aromatic carbocycles. The van der Waals surface area contributed by atoms with Crippen molar-refractivity contribution >= 4 is 22.5 Å². The van der Waals surface area contributed by atoms with E-state index in [9.17, 15) is 9.59 Å². The molecule has 8 nitrogen and oxygen atoms in total. The van der Waals surface area contributed by atoms with Crippen LogP contribution in [-0.4, -0.2) is 39.3 Å². The molecule has 1 heterocycles. The highest BCUT2D eigenvalue weighted by molar-refractivity contribution is 6.07. The van der Waals surface area contributed by atoms with Crippen LogP contribution in [0.5, 0.6) is 23.0 Å². The summed E-state index contributed by atoms with van der Waals surface area (Å²) in [5.74, 6) is 1.40. The van der Waals surface area contributed by atoms with E-state index in [1.165, 1.54) is 26.2 Å². The third-order valence-corrected chi connectivity index (χ3v) is 5.70. The summed E-state index contributed by atoms with van der Waals surface area (Å²) in [4.78, 5) is 31.1. The van der Waals surface area contributed by atoms with Crippen LogP contribution in [0.2, 0.25) is 0 Å². The Labute approximate surface area is 202 Å². The predicted octanol–water partition coefficient (Wildman–Crippen LogP) is 4.41. The number of para-hydroxylation sites is 1. The van der Waals surface area contributed by atoms with E-state index in [2.05, 4.69) is 4.98 Å². The molecule has 0 unspecified atom stereocenters. The van der Waals surface area contributed by atoms with Gasteiger partial charge < -0.3 is 28.8 Å². The number of benzene rings is 3. The molecule has 0 bridgehead atoms. The molecule has 0 saturated carbocycles. The number of fused-ring (bicyclic) bond motifs is 1. The lowest BCUT2D eigenvalue weighted by molar-refractivity contribution is 0.0984. The Morgan fingerprint density at radius 2 is 1.49 bits per heavy atom. The highest BCUT2D eigenvalue weighted by Crippen LogP contribution is 2.39. The zero-order chi connectivity index (χ0) is 24.9. The fourth-order valence-corrected chi connectivity index (χ4v) is 3.88. The average Bonchev–Trinajstić information content (AvgIpc) is 2.90. The molecule has 1 amide bonds. The van der Waals surface area contributed by atoms with Crippen LogP contribution in [0, 0.1) is 0 Å². The first-order valence-corrected chi connectivity index (χ1v) is 10.9. The standard InChI is InChI=1S/C27H26N2O6/c1-32-21-11-9-20(10-12-21)29(16-19-13-17-7-5-6-8-22(17)28-26(19)30)27(31)18-14-23(33-2)25(35-4)24(15-18)34-3/h5-15H,16H2,1-4H3,(H,28,30). The zero-order valence-corrected chi connectivity index (χ0v) is 20.0. The molecule has 0 atom stereocenters. The van der Waals surface area contributed by atoms with E-state index in [0.717, 1.165) is 10.9 Å². The number of hydrogen-bond donors (Lipinski definition) is 1. The van der Waals surface area contributed by atoms with E-state index < -0.39 is 0 Å². The van der Waals surface area contributed by atoms with Crippen molar-refractivity contribution in [2.24, 2.45) is 0 Å². The number of amides is 1. The van der Waals surface area contributed by atoms with Crippen LogP contribution >= 0.6 is 0 Å². The first kappa shape index (κ1) is 23.7. The summed E-state index contributed by atoms with van der Waals surface area (Å²) in [7, 11) is 6.04. The van der Waals surface area contributed by atoms with Gasteiger partial charge in [-0.2, -0.15) is 0 Å². The molecule has 0 saturated heterocycles. The molecule has 4 rings (SSSR count). The number of ether oxygens (including phenoxy) is 4. The van der Waals surface area contributed by atoms with Gasteiger partial charge in [0.15, 0.2) is 11.5 Å². The second-order valence-corrected chi connectivity index (χ2v) is 7.71. The fourth-order valence-electron chi connectivity index (χ4n) is 3.88. The second kappa shape index (κ2) is 10.2. The Kier molecular flexibility index (Phi) is 6.91. The normalized spacial score (nSPS) is 10.6. The highest BCUT2D eigenvalue weighted by Gasteiger charge is 2.24. The monoisotopic (exact) mass is 474 g/mol. The van der Waals surface area contributed by atoms with E-state index in [-0.39, 0.29) is 18.0 Å². The Bertz CT molecular complexity index is 1390. The number of aromatic nitrogens is 1. The molecule has 8 heteroatoms. The van der Waals surface area contributed by atoms with Gasteiger partial charge in [0, 0.05) is 22.3 Å². The molecule has 0 aliphatic carbocycles. The van der Waals surface area contributed by atoms with E-state index in [4.69, 9.17) is 18.9 Å². The minimum atomic E-state index is -0.345. The van der Waals surface area contributed by atoms with Gasteiger partial charge in [0.1, 0.15) is 5.75 Å². The first-order chi connectivity index (χ1) is 17.0. The summed E-state index contributed by atoms with van der Waals surface area (Å²) in [6, 6.07) is 19.5. The Morgan fingerprint density at radius 3 is 2.09 bits per heavy atom. The van der Waals surface area contributed by atoms with Gasteiger partial charge in [0.25, 0.3) is 11.5 Å². The largest absolute Gasteiger partial charge is 0.497 e. The molecular formula is C27H26N2O6. The van der Waals surface area contributed by atoms with Crippen molar-refractivity contribution in [3.8, 4) is 23.0 Å². The van der Waals surface area contributed by atoms with E-state index in [1.54, 1.807) is 49.6 Å². The van der Waals surface area contributed by atoms with Gasteiger partial charge in [-0.05, 0) is 53.9 Å². The van der Waals surface area contributed by atoms with Crippen LogP contribution in [0.15, 0.2) is 71.5 Å². The maximum absolute atomic E-state index is 13.8. The molecule has 0 fully saturated rings. The number of pyridine rings is 1. The number of hydrogen-bond acceptors (Lipinski definition) is 6. The van der Waals surface area contributed by atoms with Crippen molar-refractivity contribution in [2.45, 2.75) is 6.54 Å². The van der Waals surface area contributed by atoms with Crippen LogP contribution in [0.3, 0.4) is 0 Å². The molecule has 0 radical (unpaired) electrons. The van der Waals surface area contributed by atoms with Crippen molar-refractivity contribution in [1.29, 1.82) is 0 Å². The number of H-pyrrole nitrogens is 1. The quantitative estimate of drug-likeness (QED) is 0.407. The summed E-state index contributed by atoms with van der Waals surface area (Å²) < 4.78 is 21.5. The predicted molar refractivity (Wildman–Crippen MR) is 134 cm³/mol. The van der Waals surface area contributed by atoms with Crippen LogP contribution in [0.25, 0.3) is 10.9 Å². The number of aromatic amines is 1. The summed E-state index contributed by atoms with van der Waals surface area (Å²) in [6.45, 7) is 0.0436. The van der Waals surface area contributed by atoms with Gasteiger partial charge in [-0.25, -0.2) is 0 Å². The van der Waals surface area contributed by atoms with Gasteiger partial charge in [-0.1, -0.05) is 18.2 Å². The number of methoxy groups -OCH3 is 4. The van der Waals surface area contributed by atoms with Gasteiger partial charge in [0.2, 0.25) is 5.75 Å². The highest BCUT2D eigenvalue weighted by atomic mass is 16.5. The minimum Gasteiger partial charge on any atom is -0.497 e. The SMILES string of the molecule is COc1ccc(N(Cc2cc3ccccc3[nH]c2=O)C(=O)c2cc(OC)c(OC)c(OC)c2)cc1. The lowest BCUT2D eigenvalue weighted by atomic mass is 10.1. The summed E-state index contributed by atoms with van der Waals surface area (Å²) in [5, 5.41) is 0.872. The lowest BCUT2D eigenvalue weighted by Crippen LogP contribution is -2.33. The Balaban J connectivity index is 1.81. The van der Waals surface area contributed by atoms with Gasteiger partial charge in [-0.15, -0.1) is 0 Å². The smallest absolute Gasteiger partial charge is 0.258 e. The molecular weight excluding hydrogens is 448 g/mol. The molecule has 1 aromatic heterocycles. The molecule has 35 heavy (non-hydrogen) atoms. The average molecular weight is 475 g/mol. The molecule has 0 aliphatic rings. The van der Waals surface area contributed by atoms with Crippen molar-refractivity contribution in [3.05, 3.63) is 88.2 Å². The molecule has 1 N–H and O–H groups in total. The van der Waals surface area contributed by atoms with Gasteiger partial charge >= 0.3 is 0 Å². The number of anilines is 1. The van der Waals surface area contributed by atoms with E-state index >= 15 is 0 Å². The number of nitrogens with zero attached hydrogens (tertiary/aromatic N) is 1. The first-order valence-electron chi connectivity index (χ1n) is 10.9. The van der Waals surface area contributed by atoms with Crippen LogP contribution in [-0.2, 0) is 6.54 Å². The number of carbonyl (C=O) groups excluding carboxylic acids is 1. The topological polar surface area (TPSA) is 90.1 Å². The van der Waals surface area contributed by atoms with Crippen molar-refractivity contribution in [3.63, 3.8) is 0 Å². The van der Waals surface area contributed by atoms with Crippen LogP contribution in [0.1, 0.15) is 15.9 Å². The third-order valence-electron chi connectivity index (χ3n) is 5.70. The van der Waals surface area contributed by atoms with Crippen molar-refractivity contribution < 1.29 is 23.7 Å². The maximum Gasteiger partial charge on any atom is 0.258 e. The minimum absolute atomic E-state index is 0.0436. The Morgan fingerprint density at radius 1 is 0.829 bits per heavy atom. The number of rotatable bonds is 8.